The van der Waals surface area contributed by atoms with Crippen molar-refractivity contribution in [3.8, 4) is 0 Å². The Labute approximate surface area is 226 Å². The molecule has 0 aromatic heterocycles. The Morgan fingerprint density at radius 1 is 1.06 bits per heavy atom. The van der Waals surface area contributed by atoms with Crippen molar-refractivity contribution < 1.29 is 19.3 Å². The topological polar surface area (TPSA) is 101 Å². The van der Waals surface area contributed by atoms with Gasteiger partial charge in [0.1, 0.15) is 0 Å². The molecule has 3 aliphatic rings. The highest BCUT2D eigenvalue weighted by Crippen LogP contribution is 2.60. The SMILES string of the molecule is O=C(c1ccccc1Cl)N(Cc1ccc(Cl)cc1[N+](=O)[O-])N1C(=O)[C@@H]2[C@H]3C[C@@H]([C@H](Br)[C@H]3Br)[C@H]2C1=O. The number of carbonyl (C=O) groups excluding carboxylic acids is 3. The van der Waals surface area contributed by atoms with E-state index >= 15 is 0 Å². The second kappa shape index (κ2) is 9.14. The summed E-state index contributed by atoms with van der Waals surface area (Å²) in [5.74, 6) is -2.91. The summed E-state index contributed by atoms with van der Waals surface area (Å²) < 4.78 is 0. The summed E-state index contributed by atoms with van der Waals surface area (Å²) in [4.78, 5) is 52.1. The largest absolute Gasteiger partial charge is 0.275 e. The zero-order valence-electron chi connectivity index (χ0n) is 17.8. The van der Waals surface area contributed by atoms with Crippen LogP contribution in [0, 0.1) is 33.8 Å². The van der Waals surface area contributed by atoms with Gasteiger partial charge >= 0.3 is 0 Å². The van der Waals surface area contributed by atoms with Gasteiger partial charge in [0.2, 0.25) is 0 Å². The van der Waals surface area contributed by atoms with E-state index in [-0.39, 0.29) is 54.9 Å². The highest BCUT2D eigenvalue weighted by Gasteiger charge is 2.67. The molecule has 2 aliphatic carbocycles. The third-order valence-electron chi connectivity index (χ3n) is 7.11. The number of hydrogen-bond donors (Lipinski definition) is 0. The van der Waals surface area contributed by atoms with E-state index in [2.05, 4.69) is 31.9 Å². The second-order valence-corrected chi connectivity index (χ2v) is 11.8. The van der Waals surface area contributed by atoms with Gasteiger partial charge in [0.05, 0.1) is 39.5 Å². The Balaban J connectivity index is 1.58. The van der Waals surface area contributed by atoms with Crippen LogP contribution in [-0.4, -0.2) is 42.3 Å². The molecule has 182 valence electrons. The van der Waals surface area contributed by atoms with Crippen molar-refractivity contribution in [1.29, 1.82) is 0 Å². The number of nitro groups is 1. The van der Waals surface area contributed by atoms with Crippen LogP contribution in [0.4, 0.5) is 5.69 Å². The summed E-state index contributed by atoms with van der Waals surface area (Å²) >= 11 is 19.5. The van der Waals surface area contributed by atoms with Crippen LogP contribution in [0.15, 0.2) is 42.5 Å². The molecule has 2 bridgehead atoms. The molecule has 12 heteroatoms. The Bertz CT molecular complexity index is 1250. The first-order valence-corrected chi connectivity index (χ1v) is 13.4. The van der Waals surface area contributed by atoms with E-state index in [0.717, 1.165) is 16.4 Å². The van der Waals surface area contributed by atoms with E-state index in [4.69, 9.17) is 23.2 Å². The molecular weight excluding hydrogens is 629 g/mol. The number of benzene rings is 2. The second-order valence-electron chi connectivity index (χ2n) is 8.86. The van der Waals surface area contributed by atoms with E-state index in [0.29, 0.717) is 0 Å². The molecule has 8 nitrogen and oxygen atoms in total. The minimum absolute atomic E-state index is 0.0236. The van der Waals surface area contributed by atoms with E-state index in [1.165, 1.54) is 30.3 Å². The molecule has 0 spiro atoms. The van der Waals surface area contributed by atoms with E-state index in [9.17, 15) is 24.5 Å². The van der Waals surface area contributed by atoms with Crippen LogP contribution in [-0.2, 0) is 16.1 Å². The maximum absolute atomic E-state index is 13.7. The van der Waals surface area contributed by atoms with Gasteiger partial charge in [-0.15, -0.1) is 0 Å². The Morgan fingerprint density at radius 3 is 2.23 bits per heavy atom. The van der Waals surface area contributed by atoms with Gasteiger partial charge in [0, 0.05) is 20.7 Å². The molecule has 1 saturated heterocycles. The molecule has 3 amide bonds. The van der Waals surface area contributed by atoms with Crippen molar-refractivity contribution in [2.75, 3.05) is 0 Å². The van der Waals surface area contributed by atoms with Crippen LogP contribution in [0.25, 0.3) is 0 Å². The van der Waals surface area contributed by atoms with Crippen LogP contribution < -0.4 is 0 Å². The lowest BCUT2D eigenvalue weighted by atomic mass is 9.81. The van der Waals surface area contributed by atoms with Gasteiger partial charge in [-0.3, -0.25) is 24.5 Å². The lowest BCUT2D eigenvalue weighted by Crippen LogP contribution is -2.50. The monoisotopic (exact) mass is 643 g/mol. The zero-order chi connectivity index (χ0) is 25.2. The number of hydrogen-bond acceptors (Lipinski definition) is 5. The van der Waals surface area contributed by atoms with Crippen LogP contribution in [0.3, 0.4) is 0 Å². The van der Waals surface area contributed by atoms with E-state index < -0.39 is 34.5 Å². The van der Waals surface area contributed by atoms with Crippen molar-refractivity contribution in [3.05, 3.63) is 73.8 Å². The fraction of sp³-hybridized carbons (Fsp3) is 0.348. The van der Waals surface area contributed by atoms with Gasteiger partial charge in [-0.25, -0.2) is 5.01 Å². The highest BCUT2D eigenvalue weighted by molar-refractivity contribution is 9.12. The molecule has 1 aliphatic heterocycles. The Hall–Kier alpha value is -2.01. The van der Waals surface area contributed by atoms with Crippen LogP contribution in [0.2, 0.25) is 10.0 Å². The Morgan fingerprint density at radius 2 is 1.66 bits per heavy atom. The molecule has 6 atom stereocenters. The van der Waals surface area contributed by atoms with Crippen molar-refractivity contribution in [2.45, 2.75) is 22.6 Å². The lowest BCUT2D eigenvalue weighted by Gasteiger charge is -2.31. The number of imide groups is 1. The van der Waals surface area contributed by atoms with Gasteiger partial charge < -0.3 is 0 Å². The number of fused-ring (bicyclic) bond motifs is 5. The lowest BCUT2D eigenvalue weighted by molar-refractivity contribution is -0.385. The summed E-state index contributed by atoms with van der Waals surface area (Å²) in [6, 6.07) is 10.3. The van der Waals surface area contributed by atoms with Crippen LogP contribution in [0.1, 0.15) is 22.3 Å². The quantitative estimate of drug-likeness (QED) is 0.192. The summed E-state index contributed by atoms with van der Waals surface area (Å²) in [7, 11) is 0. The number of alkyl halides is 2. The molecule has 1 heterocycles. The Kier molecular flexibility index (Phi) is 6.44. The molecule has 5 rings (SSSR count). The van der Waals surface area contributed by atoms with E-state index in [1.54, 1.807) is 12.1 Å². The van der Waals surface area contributed by atoms with Crippen LogP contribution in [0.5, 0.6) is 0 Å². The summed E-state index contributed by atoms with van der Waals surface area (Å²) in [6.07, 6.45) is 0.730. The number of hydrazine groups is 1. The minimum atomic E-state index is -0.709. The third kappa shape index (κ3) is 3.89. The van der Waals surface area contributed by atoms with Crippen molar-refractivity contribution in [3.63, 3.8) is 0 Å². The predicted octanol–water partition coefficient (Wildman–Crippen LogP) is 5.24. The fourth-order valence-corrected chi connectivity index (χ4v) is 7.84. The third-order valence-corrected chi connectivity index (χ3v) is 10.9. The molecule has 0 N–H and O–H groups in total. The molecule has 2 aromatic carbocycles. The normalized spacial score (nSPS) is 29.0. The minimum Gasteiger partial charge on any atom is -0.272 e. The molecule has 0 radical (unpaired) electrons. The zero-order valence-corrected chi connectivity index (χ0v) is 22.5. The van der Waals surface area contributed by atoms with Gasteiger partial charge in [0.15, 0.2) is 0 Å². The predicted molar refractivity (Wildman–Crippen MR) is 135 cm³/mol. The average Bonchev–Trinajstić information content (AvgIpc) is 3.43. The number of rotatable bonds is 5. The van der Waals surface area contributed by atoms with Crippen molar-refractivity contribution >= 4 is 78.5 Å². The number of nitro benzene ring substituents is 1. The van der Waals surface area contributed by atoms with Gasteiger partial charge in [-0.1, -0.05) is 67.2 Å². The molecule has 3 fully saturated rings. The van der Waals surface area contributed by atoms with Gasteiger partial charge in [0.25, 0.3) is 23.4 Å². The van der Waals surface area contributed by atoms with Crippen molar-refractivity contribution in [2.24, 2.45) is 23.7 Å². The maximum Gasteiger partial charge on any atom is 0.275 e. The van der Waals surface area contributed by atoms with Gasteiger partial charge in [-0.2, -0.15) is 5.01 Å². The summed E-state index contributed by atoms with van der Waals surface area (Å²) in [6.45, 7) is -0.390. The molecule has 2 saturated carbocycles. The summed E-state index contributed by atoms with van der Waals surface area (Å²) in [5, 5.41) is 13.8. The molecule has 35 heavy (non-hydrogen) atoms. The smallest absolute Gasteiger partial charge is 0.272 e. The first-order valence-electron chi connectivity index (χ1n) is 10.8. The fourth-order valence-electron chi connectivity index (χ4n) is 5.58. The number of halogens is 4. The highest BCUT2D eigenvalue weighted by atomic mass is 79.9. The summed E-state index contributed by atoms with van der Waals surface area (Å²) in [5.41, 5.74) is -0.129. The molecule has 2 aromatic rings. The number of nitrogens with zero attached hydrogens (tertiary/aromatic N) is 3. The van der Waals surface area contributed by atoms with Gasteiger partial charge in [-0.05, 0) is 42.5 Å². The number of amides is 3. The first kappa shape index (κ1) is 24.7. The number of carbonyl (C=O) groups is 3. The standard InChI is InChI=1S/C23H17Br2Cl2N3O5/c24-19-13-8-14(20(19)25)18-17(13)22(32)29(23(18)33)28(21(31)12-3-1-2-4-15(12)27)9-10-5-6-11(26)7-16(10)30(34)35/h1-7,13-14,17-20H,8-9H2/t13-,14-,17-,18-,19+,20+/m1/s1. The maximum atomic E-state index is 13.7. The average molecular weight is 646 g/mol. The van der Waals surface area contributed by atoms with Crippen LogP contribution >= 0.6 is 55.1 Å². The van der Waals surface area contributed by atoms with E-state index in [1.807, 2.05) is 0 Å². The first-order chi connectivity index (χ1) is 16.6. The molecule has 0 unspecified atom stereocenters. The van der Waals surface area contributed by atoms with Crippen molar-refractivity contribution in [1.82, 2.24) is 10.0 Å². The molecular formula is C23H17Br2Cl2N3O5.